The molecule has 130 valence electrons. The van der Waals surface area contributed by atoms with Gasteiger partial charge in [0, 0.05) is 18.2 Å². The molecule has 0 aliphatic heterocycles. The van der Waals surface area contributed by atoms with E-state index < -0.39 is 10.1 Å². The monoisotopic (exact) mass is 360 g/mol. The molecule has 0 fully saturated rings. The Morgan fingerprint density at radius 3 is 2.20 bits per heavy atom. The molecule has 3 rings (SSSR count). The first kappa shape index (κ1) is 18.5. The van der Waals surface area contributed by atoms with E-state index in [-0.39, 0.29) is 15.5 Å². The summed E-state index contributed by atoms with van der Waals surface area (Å²) >= 11 is 0. The molecule has 0 amide bonds. The highest BCUT2D eigenvalue weighted by atomic mass is 32.2. The largest absolute Gasteiger partial charge is 0.744 e. The van der Waals surface area contributed by atoms with Crippen LogP contribution in [0.3, 0.4) is 0 Å². The molecule has 0 spiro atoms. The number of aryl methyl sites for hydroxylation is 2. The number of non-ortho nitro benzene ring substituents is 1. The number of aromatic nitrogens is 1. The number of nitrogens with zero attached hydrogens (tertiary/aromatic N) is 2. The number of nitro benzene ring substituents is 1. The first-order valence-corrected chi connectivity index (χ1v) is 8.63. The predicted molar refractivity (Wildman–Crippen MR) is 90.9 cm³/mol. The molecule has 0 aliphatic rings. The zero-order valence-electron chi connectivity index (χ0n) is 13.6. The average molecular weight is 360 g/mol. The third kappa shape index (κ3) is 5.07. The van der Waals surface area contributed by atoms with E-state index in [1.54, 1.807) is 24.3 Å². The molecule has 0 N–H and O–H groups in total. The lowest BCUT2D eigenvalue weighted by Gasteiger charge is -2.05. The first-order chi connectivity index (χ1) is 11.7. The molecule has 25 heavy (non-hydrogen) atoms. The van der Waals surface area contributed by atoms with Crippen LogP contribution in [0.4, 0.5) is 5.69 Å². The SMILES string of the molecule is C[n+]1ccc2ccc([N+](=O)[O-])cc2c1.Cc1ccc(S(=O)(=O)[O-])cc1. The van der Waals surface area contributed by atoms with Gasteiger partial charge in [-0.25, -0.2) is 13.0 Å². The fourth-order valence-corrected chi connectivity index (χ4v) is 2.57. The van der Waals surface area contributed by atoms with Crippen LogP contribution in [0.15, 0.2) is 65.8 Å². The van der Waals surface area contributed by atoms with Gasteiger partial charge in [-0.3, -0.25) is 10.1 Å². The van der Waals surface area contributed by atoms with Crippen molar-refractivity contribution >= 4 is 26.6 Å². The second-order valence-electron chi connectivity index (χ2n) is 5.45. The van der Waals surface area contributed by atoms with E-state index in [1.165, 1.54) is 18.2 Å². The van der Waals surface area contributed by atoms with Gasteiger partial charge in [-0.15, -0.1) is 0 Å². The van der Waals surface area contributed by atoms with Crippen molar-refractivity contribution in [3.8, 4) is 0 Å². The maximum Gasteiger partial charge on any atom is 0.270 e. The molecule has 3 aromatic rings. The molecule has 8 heteroatoms. The van der Waals surface area contributed by atoms with Crippen molar-refractivity contribution in [2.75, 3.05) is 0 Å². The molecule has 0 saturated heterocycles. The quantitative estimate of drug-likeness (QED) is 0.302. The molecule has 0 saturated carbocycles. The van der Waals surface area contributed by atoms with Crippen molar-refractivity contribution in [1.82, 2.24) is 0 Å². The molecule has 0 atom stereocenters. The minimum atomic E-state index is -4.27. The Morgan fingerprint density at radius 2 is 1.64 bits per heavy atom. The first-order valence-electron chi connectivity index (χ1n) is 7.23. The Hall–Kier alpha value is -2.84. The molecular formula is C17H16N2O5S. The summed E-state index contributed by atoms with van der Waals surface area (Å²) in [6.07, 6.45) is 3.77. The van der Waals surface area contributed by atoms with E-state index >= 15 is 0 Å². The second kappa shape index (κ2) is 7.37. The van der Waals surface area contributed by atoms with Crippen LogP contribution in [0.25, 0.3) is 10.8 Å². The smallest absolute Gasteiger partial charge is 0.270 e. The van der Waals surface area contributed by atoms with Gasteiger partial charge in [0.05, 0.1) is 15.2 Å². The van der Waals surface area contributed by atoms with E-state index in [2.05, 4.69) is 0 Å². The molecule has 1 heterocycles. The second-order valence-corrected chi connectivity index (χ2v) is 6.83. The highest BCUT2D eigenvalue weighted by Gasteiger charge is 2.07. The van der Waals surface area contributed by atoms with E-state index in [0.29, 0.717) is 0 Å². The van der Waals surface area contributed by atoms with Crippen molar-refractivity contribution in [3.63, 3.8) is 0 Å². The van der Waals surface area contributed by atoms with E-state index in [4.69, 9.17) is 0 Å². The minimum Gasteiger partial charge on any atom is -0.744 e. The molecule has 1 aromatic heterocycles. The summed E-state index contributed by atoms with van der Waals surface area (Å²) < 4.78 is 33.0. The number of rotatable bonds is 2. The van der Waals surface area contributed by atoms with Gasteiger partial charge in [-0.2, -0.15) is 0 Å². The van der Waals surface area contributed by atoms with Crippen LogP contribution < -0.4 is 4.57 Å². The lowest BCUT2D eigenvalue weighted by atomic mass is 10.1. The summed E-state index contributed by atoms with van der Waals surface area (Å²) in [6, 6.07) is 12.6. The standard InChI is InChI=1S/C10H9N2O2.C7H8O3S/c1-11-5-4-8-2-3-10(12(13)14)6-9(8)7-11;1-6-2-4-7(5-3-6)11(8,9)10/h2-7H,1H3;2-5H,1H3,(H,8,9,10)/q+1;/p-1. The van der Waals surface area contributed by atoms with E-state index in [1.807, 2.05) is 37.0 Å². The molecular weight excluding hydrogens is 344 g/mol. The van der Waals surface area contributed by atoms with Crippen LogP contribution in [0.5, 0.6) is 0 Å². The van der Waals surface area contributed by atoms with Crippen LogP contribution in [-0.4, -0.2) is 17.9 Å². The minimum absolute atomic E-state index is 0.128. The van der Waals surface area contributed by atoms with Gasteiger partial charge in [0.2, 0.25) is 0 Å². The fourth-order valence-electron chi connectivity index (χ4n) is 2.10. The highest BCUT2D eigenvalue weighted by molar-refractivity contribution is 7.85. The van der Waals surface area contributed by atoms with Crippen molar-refractivity contribution < 1.29 is 22.5 Å². The summed E-state index contributed by atoms with van der Waals surface area (Å²) in [5.41, 5.74) is 1.06. The average Bonchev–Trinajstić information content (AvgIpc) is 2.54. The summed E-state index contributed by atoms with van der Waals surface area (Å²) in [6.45, 7) is 1.82. The van der Waals surface area contributed by atoms with Crippen LogP contribution >= 0.6 is 0 Å². The highest BCUT2D eigenvalue weighted by Crippen LogP contribution is 2.18. The summed E-state index contributed by atoms with van der Waals surface area (Å²) in [5, 5.41) is 12.4. The number of fused-ring (bicyclic) bond motifs is 1. The lowest BCUT2D eigenvalue weighted by Crippen LogP contribution is -2.25. The van der Waals surface area contributed by atoms with E-state index in [0.717, 1.165) is 16.3 Å². The zero-order chi connectivity index (χ0) is 18.6. The van der Waals surface area contributed by atoms with Gasteiger partial charge in [-0.05, 0) is 30.5 Å². The maximum atomic E-state index is 10.5. The number of hydrogen-bond acceptors (Lipinski definition) is 5. The molecule has 0 bridgehead atoms. The van der Waals surface area contributed by atoms with Crippen LogP contribution in [0.2, 0.25) is 0 Å². The topological polar surface area (TPSA) is 104 Å². The number of pyridine rings is 1. The Balaban J connectivity index is 0.000000186. The molecule has 7 nitrogen and oxygen atoms in total. The number of nitro groups is 1. The molecule has 2 aromatic carbocycles. The Kier molecular flexibility index (Phi) is 5.45. The van der Waals surface area contributed by atoms with Gasteiger partial charge in [0.1, 0.15) is 17.2 Å². The van der Waals surface area contributed by atoms with E-state index in [9.17, 15) is 23.1 Å². The van der Waals surface area contributed by atoms with Crippen LogP contribution in [0, 0.1) is 17.0 Å². The Morgan fingerprint density at radius 1 is 1.00 bits per heavy atom. The van der Waals surface area contributed by atoms with Gasteiger partial charge < -0.3 is 4.55 Å². The van der Waals surface area contributed by atoms with Crippen LogP contribution in [-0.2, 0) is 17.2 Å². The number of benzene rings is 2. The molecule has 0 unspecified atom stereocenters. The van der Waals surface area contributed by atoms with Gasteiger partial charge in [-0.1, -0.05) is 17.7 Å². The van der Waals surface area contributed by atoms with Gasteiger partial charge in [0.25, 0.3) is 5.69 Å². The van der Waals surface area contributed by atoms with Crippen molar-refractivity contribution in [2.24, 2.45) is 7.05 Å². The molecule has 0 radical (unpaired) electrons. The number of hydrogen-bond donors (Lipinski definition) is 0. The summed E-state index contributed by atoms with van der Waals surface area (Å²) in [5.74, 6) is 0. The maximum absolute atomic E-state index is 10.5. The third-order valence-electron chi connectivity index (χ3n) is 3.42. The van der Waals surface area contributed by atoms with Gasteiger partial charge in [0.15, 0.2) is 12.4 Å². The third-order valence-corrected chi connectivity index (χ3v) is 4.27. The predicted octanol–water partition coefficient (Wildman–Crippen LogP) is 2.47. The van der Waals surface area contributed by atoms with Crippen molar-refractivity contribution in [2.45, 2.75) is 11.8 Å². The Bertz CT molecular complexity index is 1010. The molecule has 0 aliphatic carbocycles. The van der Waals surface area contributed by atoms with Crippen LogP contribution in [0.1, 0.15) is 5.56 Å². The van der Waals surface area contributed by atoms with Gasteiger partial charge >= 0.3 is 0 Å². The lowest BCUT2D eigenvalue weighted by molar-refractivity contribution is -0.670. The van der Waals surface area contributed by atoms with Crippen molar-refractivity contribution in [3.05, 3.63) is 76.6 Å². The Labute approximate surface area is 145 Å². The normalized spacial score (nSPS) is 10.8. The zero-order valence-corrected chi connectivity index (χ0v) is 14.4. The van der Waals surface area contributed by atoms with Crippen molar-refractivity contribution in [1.29, 1.82) is 0 Å². The summed E-state index contributed by atoms with van der Waals surface area (Å²) in [7, 11) is -2.38. The fraction of sp³-hybridized carbons (Fsp3) is 0.118. The summed E-state index contributed by atoms with van der Waals surface area (Å²) in [4.78, 5) is 9.97.